The molecule has 0 aliphatic heterocycles. The molecule has 0 aliphatic rings. The lowest BCUT2D eigenvalue weighted by Gasteiger charge is -2.09. The third kappa shape index (κ3) is 4.24. The minimum Gasteiger partial charge on any atom is -0.457 e. The van der Waals surface area contributed by atoms with Crippen molar-refractivity contribution >= 4 is 40.2 Å². The van der Waals surface area contributed by atoms with Crippen LogP contribution >= 0.6 is 23.4 Å². The standard InChI is InChI=1S/C17H11ClF2N2O2S/c18-14-11(8-10-4-1-2-6-13(10)22-14)9-24-16(23)12-5-3-7-21-15(12)25-17(19)20/h1-8,17H,9H2. The Bertz CT molecular complexity index is 924. The van der Waals surface area contributed by atoms with E-state index in [1.807, 2.05) is 24.3 Å². The normalized spacial score (nSPS) is 11.0. The number of halogens is 3. The Balaban J connectivity index is 1.78. The monoisotopic (exact) mass is 380 g/mol. The van der Waals surface area contributed by atoms with Crippen LogP contribution < -0.4 is 0 Å². The van der Waals surface area contributed by atoms with Crippen molar-refractivity contribution in [3.05, 3.63) is 64.9 Å². The van der Waals surface area contributed by atoms with Gasteiger partial charge in [-0.3, -0.25) is 0 Å². The lowest BCUT2D eigenvalue weighted by atomic mass is 10.2. The molecule has 0 atom stereocenters. The molecule has 3 rings (SSSR count). The van der Waals surface area contributed by atoms with E-state index in [4.69, 9.17) is 16.3 Å². The van der Waals surface area contributed by atoms with E-state index in [2.05, 4.69) is 9.97 Å². The molecule has 0 N–H and O–H groups in total. The molecular formula is C17H11ClF2N2O2S. The number of thioether (sulfide) groups is 1. The van der Waals surface area contributed by atoms with E-state index in [1.165, 1.54) is 18.3 Å². The van der Waals surface area contributed by atoms with Gasteiger partial charge in [0.1, 0.15) is 16.8 Å². The topological polar surface area (TPSA) is 52.1 Å². The van der Waals surface area contributed by atoms with Crippen molar-refractivity contribution in [3.63, 3.8) is 0 Å². The summed E-state index contributed by atoms with van der Waals surface area (Å²) < 4.78 is 30.3. The van der Waals surface area contributed by atoms with Crippen LogP contribution in [0.5, 0.6) is 0 Å². The fraction of sp³-hybridized carbons (Fsp3) is 0.118. The zero-order valence-electron chi connectivity index (χ0n) is 12.7. The van der Waals surface area contributed by atoms with Crippen LogP contribution in [0.25, 0.3) is 10.9 Å². The first-order valence-corrected chi connectivity index (χ1v) is 8.41. The van der Waals surface area contributed by atoms with E-state index in [0.29, 0.717) is 5.56 Å². The van der Waals surface area contributed by atoms with Crippen LogP contribution in [-0.4, -0.2) is 21.7 Å². The number of fused-ring (bicyclic) bond motifs is 1. The molecule has 25 heavy (non-hydrogen) atoms. The number of rotatable bonds is 5. The van der Waals surface area contributed by atoms with Crippen LogP contribution in [0.1, 0.15) is 15.9 Å². The number of para-hydroxylation sites is 1. The average Bonchev–Trinajstić information content (AvgIpc) is 2.59. The Kier molecular flexibility index (Phi) is 5.45. The molecule has 0 unspecified atom stereocenters. The molecule has 0 spiro atoms. The van der Waals surface area contributed by atoms with Gasteiger partial charge in [0.25, 0.3) is 5.76 Å². The highest BCUT2D eigenvalue weighted by atomic mass is 35.5. The number of alkyl halides is 2. The van der Waals surface area contributed by atoms with Crippen molar-refractivity contribution in [2.24, 2.45) is 0 Å². The number of hydrogen-bond donors (Lipinski definition) is 0. The third-order valence-corrected chi connectivity index (χ3v) is 4.35. The van der Waals surface area contributed by atoms with Crippen LogP contribution in [0.2, 0.25) is 5.15 Å². The summed E-state index contributed by atoms with van der Waals surface area (Å²) in [6.07, 6.45) is 1.34. The molecule has 4 nitrogen and oxygen atoms in total. The second-order valence-electron chi connectivity index (χ2n) is 4.94. The summed E-state index contributed by atoms with van der Waals surface area (Å²) in [5, 5.41) is 0.998. The Morgan fingerprint density at radius 3 is 2.84 bits per heavy atom. The number of carbonyl (C=O) groups is 1. The van der Waals surface area contributed by atoms with Gasteiger partial charge in [0.2, 0.25) is 0 Å². The smallest absolute Gasteiger partial charge is 0.341 e. The van der Waals surface area contributed by atoms with E-state index in [9.17, 15) is 13.6 Å². The Labute approximate surface area is 151 Å². The number of aromatic nitrogens is 2. The number of nitrogens with zero attached hydrogens (tertiary/aromatic N) is 2. The fourth-order valence-corrected chi connectivity index (χ4v) is 2.95. The maximum absolute atomic E-state index is 12.6. The van der Waals surface area contributed by atoms with Crippen LogP contribution in [0.15, 0.2) is 53.7 Å². The van der Waals surface area contributed by atoms with Gasteiger partial charge in [0, 0.05) is 17.1 Å². The van der Waals surface area contributed by atoms with Gasteiger partial charge in [0.15, 0.2) is 0 Å². The quantitative estimate of drug-likeness (QED) is 0.356. The summed E-state index contributed by atoms with van der Waals surface area (Å²) in [6.45, 7) is -0.122. The molecule has 0 bridgehead atoms. The van der Waals surface area contributed by atoms with Crippen molar-refractivity contribution in [2.45, 2.75) is 17.4 Å². The van der Waals surface area contributed by atoms with Crippen LogP contribution in [-0.2, 0) is 11.3 Å². The zero-order valence-corrected chi connectivity index (χ0v) is 14.2. The number of carbonyl (C=O) groups excluding carboxylic acids is 1. The molecule has 3 aromatic rings. The second kappa shape index (κ2) is 7.76. The highest BCUT2D eigenvalue weighted by molar-refractivity contribution is 7.99. The maximum atomic E-state index is 12.6. The van der Waals surface area contributed by atoms with Gasteiger partial charge in [-0.25, -0.2) is 14.8 Å². The summed E-state index contributed by atoms with van der Waals surface area (Å²) >= 11 is 6.31. The maximum Gasteiger partial charge on any atom is 0.341 e. The van der Waals surface area contributed by atoms with Crippen molar-refractivity contribution in [1.82, 2.24) is 9.97 Å². The summed E-state index contributed by atoms with van der Waals surface area (Å²) in [5.41, 5.74) is 1.24. The summed E-state index contributed by atoms with van der Waals surface area (Å²) in [4.78, 5) is 20.3. The van der Waals surface area contributed by atoms with Gasteiger partial charge >= 0.3 is 5.97 Å². The van der Waals surface area contributed by atoms with Gasteiger partial charge in [0.05, 0.1) is 11.1 Å². The first kappa shape index (κ1) is 17.6. The minimum absolute atomic E-state index is 0.0160. The lowest BCUT2D eigenvalue weighted by molar-refractivity contribution is 0.0467. The predicted molar refractivity (Wildman–Crippen MR) is 92.0 cm³/mol. The largest absolute Gasteiger partial charge is 0.457 e. The van der Waals surface area contributed by atoms with Gasteiger partial charge in [-0.05, 0) is 36.0 Å². The van der Waals surface area contributed by atoms with Crippen molar-refractivity contribution in [2.75, 3.05) is 0 Å². The second-order valence-corrected chi connectivity index (χ2v) is 6.28. The van der Waals surface area contributed by atoms with Crippen molar-refractivity contribution < 1.29 is 18.3 Å². The van der Waals surface area contributed by atoms with E-state index in [0.717, 1.165) is 10.9 Å². The highest BCUT2D eigenvalue weighted by Gasteiger charge is 2.18. The van der Waals surface area contributed by atoms with Crippen LogP contribution in [0.3, 0.4) is 0 Å². The molecule has 0 amide bonds. The summed E-state index contributed by atoms with van der Waals surface area (Å²) in [5.74, 6) is -3.43. The van der Waals surface area contributed by atoms with Gasteiger partial charge in [-0.2, -0.15) is 8.78 Å². The Morgan fingerprint density at radius 1 is 1.24 bits per heavy atom. The number of benzene rings is 1. The first-order chi connectivity index (χ1) is 12.0. The Morgan fingerprint density at radius 2 is 2.04 bits per heavy atom. The average molecular weight is 381 g/mol. The minimum atomic E-state index is -2.68. The van der Waals surface area contributed by atoms with E-state index in [1.54, 1.807) is 6.07 Å². The van der Waals surface area contributed by atoms with Gasteiger partial charge in [-0.15, -0.1) is 0 Å². The summed E-state index contributed by atoms with van der Waals surface area (Å²) in [6, 6.07) is 12.0. The molecule has 0 saturated heterocycles. The van der Waals surface area contributed by atoms with Crippen LogP contribution in [0.4, 0.5) is 8.78 Å². The molecule has 2 heterocycles. The Hall–Kier alpha value is -2.25. The SMILES string of the molecule is O=C(OCc1cc2ccccc2nc1Cl)c1cccnc1SC(F)F. The number of esters is 1. The predicted octanol–water partition coefficient (Wildman–Crippen LogP) is 4.95. The third-order valence-electron chi connectivity index (χ3n) is 3.30. The fourth-order valence-electron chi connectivity index (χ4n) is 2.18. The highest BCUT2D eigenvalue weighted by Crippen LogP contribution is 2.27. The molecule has 128 valence electrons. The van der Waals surface area contributed by atoms with Crippen molar-refractivity contribution in [1.29, 1.82) is 0 Å². The van der Waals surface area contributed by atoms with E-state index < -0.39 is 11.7 Å². The number of pyridine rings is 2. The molecule has 0 aliphatic carbocycles. The number of ether oxygens (including phenoxy) is 1. The molecule has 8 heteroatoms. The molecule has 2 aromatic heterocycles. The van der Waals surface area contributed by atoms with E-state index >= 15 is 0 Å². The molecule has 0 radical (unpaired) electrons. The van der Waals surface area contributed by atoms with Gasteiger partial charge in [-0.1, -0.05) is 29.8 Å². The van der Waals surface area contributed by atoms with Gasteiger partial charge < -0.3 is 4.74 Å². The molecular weight excluding hydrogens is 370 g/mol. The lowest BCUT2D eigenvalue weighted by Crippen LogP contribution is -2.08. The van der Waals surface area contributed by atoms with Crippen molar-refractivity contribution in [3.8, 4) is 0 Å². The van der Waals surface area contributed by atoms with E-state index in [-0.39, 0.29) is 34.1 Å². The molecule has 0 fully saturated rings. The first-order valence-electron chi connectivity index (χ1n) is 7.15. The summed E-state index contributed by atoms with van der Waals surface area (Å²) in [7, 11) is 0. The van der Waals surface area contributed by atoms with Crippen LogP contribution in [0, 0.1) is 0 Å². The molecule has 0 saturated carbocycles. The molecule has 1 aromatic carbocycles. The zero-order chi connectivity index (χ0) is 17.8. The number of hydrogen-bond acceptors (Lipinski definition) is 5.